The summed E-state index contributed by atoms with van der Waals surface area (Å²) in [5.74, 6) is -1.19. The van der Waals surface area contributed by atoms with Gasteiger partial charge in [-0.25, -0.2) is 0 Å². The largest absolute Gasteiger partial charge is 0.369 e. The minimum Gasteiger partial charge on any atom is -0.369 e. The van der Waals surface area contributed by atoms with Gasteiger partial charge in [0.25, 0.3) is 0 Å². The maximum absolute atomic E-state index is 11.2. The van der Waals surface area contributed by atoms with Crippen LogP contribution < -0.4 is 11.5 Å². The van der Waals surface area contributed by atoms with Crippen LogP contribution >= 0.6 is 11.3 Å². The molecule has 0 spiro atoms. The molecule has 1 heterocycles. The van der Waals surface area contributed by atoms with E-state index in [4.69, 9.17) is 11.5 Å². The van der Waals surface area contributed by atoms with Crippen molar-refractivity contribution in [3.63, 3.8) is 0 Å². The molecule has 1 atom stereocenters. The fourth-order valence-corrected chi connectivity index (χ4v) is 2.02. The quantitative estimate of drug-likeness (QED) is 0.719. The molecular weight excluding hydrogens is 224 g/mol. The molecule has 0 fully saturated rings. The third-order valence-electron chi connectivity index (χ3n) is 2.05. The van der Waals surface area contributed by atoms with Gasteiger partial charge in [0.2, 0.25) is 11.8 Å². The van der Waals surface area contributed by atoms with E-state index in [0.717, 1.165) is 4.88 Å². The highest BCUT2D eigenvalue weighted by Crippen LogP contribution is 2.15. The molecule has 1 unspecified atom stereocenters. The highest BCUT2D eigenvalue weighted by molar-refractivity contribution is 7.09. The molecule has 16 heavy (non-hydrogen) atoms. The van der Waals surface area contributed by atoms with Crippen molar-refractivity contribution in [2.45, 2.75) is 12.8 Å². The van der Waals surface area contributed by atoms with Crippen molar-refractivity contribution in [1.82, 2.24) is 0 Å². The summed E-state index contributed by atoms with van der Waals surface area (Å²) < 4.78 is 0. The number of amides is 2. The third-order valence-corrected chi connectivity index (χ3v) is 2.95. The van der Waals surface area contributed by atoms with E-state index in [1.807, 2.05) is 17.5 Å². The first kappa shape index (κ1) is 12.4. The van der Waals surface area contributed by atoms with Gasteiger partial charge in [0.15, 0.2) is 0 Å². The van der Waals surface area contributed by atoms with Crippen LogP contribution in [-0.4, -0.2) is 11.8 Å². The fourth-order valence-electron chi connectivity index (χ4n) is 1.26. The smallest absolute Gasteiger partial charge is 0.224 e. The molecule has 2 amide bonds. The van der Waals surface area contributed by atoms with Crippen molar-refractivity contribution < 1.29 is 9.59 Å². The number of thiophene rings is 1. The Morgan fingerprint density at radius 1 is 1.44 bits per heavy atom. The Morgan fingerprint density at radius 3 is 2.69 bits per heavy atom. The molecule has 1 aromatic rings. The number of primary amides is 2. The van der Waals surface area contributed by atoms with Crippen LogP contribution in [-0.2, 0) is 16.0 Å². The first-order valence-corrected chi connectivity index (χ1v) is 5.74. The number of rotatable bonds is 6. The highest BCUT2D eigenvalue weighted by atomic mass is 32.1. The van der Waals surface area contributed by atoms with E-state index in [0.29, 0.717) is 6.42 Å². The zero-order valence-electron chi connectivity index (χ0n) is 8.76. The van der Waals surface area contributed by atoms with Crippen LogP contribution in [0.25, 0.3) is 0 Å². The summed E-state index contributed by atoms with van der Waals surface area (Å²) in [6.07, 6.45) is 3.94. The molecular formula is C11H14N2O2S. The maximum atomic E-state index is 11.2. The van der Waals surface area contributed by atoms with Gasteiger partial charge in [0.1, 0.15) is 0 Å². The Kier molecular flexibility index (Phi) is 4.72. The van der Waals surface area contributed by atoms with Gasteiger partial charge in [-0.2, -0.15) is 0 Å². The molecule has 0 radical (unpaired) electrons. The monoisotopic (exact) mass is 238 g/mol. The van der Waals surface area contributed by atoms with Gasteiger partial charge in [-0.05, 0) is 17.9 Å². The molecule has 0 aromatic carbocycles. The van der Waals surface area contributed by atoms with Crippen LogP contribution in [0.4, 0.5) is 0 Å². The third kappa shape index (κ3) is 4.27. The van der Waals surface area contributed by atoms with Crippen LogP contribution in [0.15, 0.2) is 29.7 Å². The fraction of sp³-hybridized carbons (Fsp3) is 0.273. The van der Waals surface area contributed by atoms with Gasteiger partial charge in [-0.15, -0.1) is 11.3 Å². The number of nitrogens with two attached hydrogens (primary N) is 2. The molecule has 4 nitrogen and oxygen atoms in total. The van der Waals surface area contributed by atoms with Gasteiger partial charge >= 0.3 is 0 Å². The Balaban J connectivity index is 2.58. The SMILES string of the molecule is NC(=O)CC=CC(Cc1cccs1)C(N)=O. The molecule has 0 aliphatic rings. The Bertz CT molecular complexity index is 385. The summed E-state index contributed by atoms with van der Waals surface area (Å²) in [6.45, 7) is 0. The van der Waals surface area contributed by atoms with Gasteiger partial charge in [0, 0.05) is 11.3 Å². The molecule has 1 rings (SSSR count). The molecule has 0 aliphatic heterocycles. The summed E-state index contributed by atoms with van der Waals surface area (Å²) in [4.78, 5) is 22.8. The van der Waals surface area contributed by atoms with Crippen LogP contribution in [0, 0.1) is 5.92 Å². The molecule has 1 aromatic heterocycles. The van der Waals surface area contributed by atoms with E-state index >= 15 is 0 Å². The van der Waals surface area contributed by atoms with Crippen molar-refractivity contribution in [3.8, 4) is 0 Å². The summed E-state index contributed by atoms with van der Waals surface area (Å²) in [5.41, 5.74) is 10.3. The van der Waals surface area contributed by atoms with E-state index in [1.165, 1.54) is 0 Å². The summed E-state index contributed by atoms with van der Waals surface area (Å²) in [5, 5.41) is 1.94. The van der Waals surface area contributed by atoms with Crippen LogP contribution in [0.1, 0.15) is 11.3 Å². The second-order valence-corrected chi connectivity index (χ2v) is 4.42. The lowest BCUT2D eigenvalue weighted by Crippen LogP contribution is -2.23. The normalized spacial score (nSPS) is 12.8. The van der Waals surface area contributed by atoms with E-state index in [1.54, 1.807) is 23.5 Å². The van der Waals surface area contributed by atoms with Crippen molar-refractivity contribution in [1.29, 1.82) is 0 Å². The summed E-state index contributed by atoms with van der Waals surface area (Å²) in [7, 11) is 0. The second-order valence-electron chi connectivity index (χ2n) is 3.39. The molecule has 0 aliphatic carbocycles. The molecule has 86 valence electrons. The first-order chi connectivity index (χ1) is 7.59. The van der Waals surface area contributed by atoms with Crippen LogP contribution in [0.5, 0.6) is 0 Å². The number of hydrogen-bond donors (Lipinski definition) is 2. The zero-order chi connectivity index (χ0) is 12.0. The van der Waals surface area contributed by atoms with Crippen LogP contribution in [0.3, 0.4) is 0 Å². The number of carbonyl (C=O) groups is 2. The van der Waals surface area contributed by atoms with E-state index < -0.39 is 11.8 Å². The lowest BCUT2D eigenvalue weighted by atomic mass is 10.0. The summed E-state index contributed by atoms with van der Waals surface area (Å²) >= 11 is 1.58. The standard InChI is InChI=1S/C11H14N2O2S/c12-10(14)5-1-3-8(11(13)15)7-9-4-2-6-16-9/h1-4,6,8H,5,7H2,(H2,12,14)(H2,13,15). The molecule has 5 heteroatoms. The van der Waals surface area contributed by atoms with Crippen LogP contribution in [0.2, 0.25) is 0 Å². The number of carbonyl (C=O) groups excluding carboxylic acids is 2. The number of hydrogen-bond acceptors (Lipinski definition) is 3. The average Bonchev–Trinajstić information content (AvgIpc) is 2.68. The second kappa shape index (κ2) is 6.07. The van der Waals surface area contributed by atoms with Crippen molar-refractivity contribution in [2.75, 3.05) is 0 Å². The van der Waals surface area contributed by atoms with Crippen molar-refractivity contribution in [3.05, 3.63) is 34.5 Å². The van der Waals surface area contributed by atoms with Crippen molar-refractivity contribution >= 4 is 23.2 Å². The van der Waals surface area contributed by atoms with Gasteiger partial charge in [-0.3, -0.25) is 9.59 Å². The predicted molar refractivity (Wildman–Crippen MR) is 63.7 cm³/mol. The maximum Gasteiger partial charge on any atom is 0.224 e. The first-order valence-electron chi connectivity index (χ1n) is 4.86. The molecule has 0 saturated heterocycles. The minimum atomic E-state index is -0.421. The summed E-state index contributed by atoms with van der Waals surface area (Å²) in [6, 6.07) is 3.87. The molecule has 4 N–H and O–H groups in total. The lowest BCUT2D eigenvalue weighted by molar-refractivity contribution is -0.120. The minimum absolute atomic E-state index is 0.133. The Morgan fingerprint density at radius 2 is 2.19 bits per heavy atom. The van der Waals surface area contributed by atoms with E-state index in [-0.39, 0.29) is 12.3 Å². The van der Waals surface area contributed by atoms with E-state index in [9.17, 15) is 9.59 Å². The average molecular weight is 238 g/mol. The Hall–Kier alpha value is -1.62. The topological polar surface area (TPSA) is 86.2 Å². The molecule has 0 saturated carbocycles. The highest BCUT2D eigenvalue weighted by Gasteiger charge is 2.12. The van der Waals surface area contributed by atoms with Crippen molar-refractivity contribution in [2.24, 2.45) is 17.4 Å². The van der Waals surface area contributed by atoms with E-state index in [2.05, 4.69) is 0 Å². The van der Waals surface area contributed by atoms with Gasteiger partial charge < -0.3 is 11.5 Å². The Labute approximate surface area is 97.9 Å². The van der Waals surface area contributed by atoms with Gasteiger partial charge in [0.05, 0.1) is 5.92 Å². The van der Waals surface area contributed by atoms with Gasteiger partial charge in [-0.1, -0.05) is 18.2 Å². The predicted octanol–water partition coefficient (Wildman–Crippen LogP) is 0.824. The lowest BCUT2D eigenvalue weighted by Gasteiger charge is -2.06. The molecule has 0 bridgehead atoms. The zero-order valence-corrected chi connectivity index (χ0v) is 9.57.